The Labute approximate surface area is 129 Å². The van der Waals surface area contributed by atoms with E-state index in [1.165, 1.54) is 0 Å². The third kappa shape index (κ3) is 3.28. The molecule has 0 saturated carbocycles. The number of rotatable bonds is 3. The number of carbonyl (C=O) groups is 1. The van der Waals surface area contributed by atoms with Gasteiger partial charge in [-0.2, -0.15) is 5.26 Å². The fourth-order valence-electron chi connectivity index (χ4n) is 2.74. The average Bonchev–Trinajstić information content (AvgIpc) is 3.03. The largest absolute Gasteiger partial charge is 0.378 e. The molecule has 1 aromatic heterocycles. The van der Waals surface area contributed by atoms with Gasteiger partial charge in [-0.25, -0.2) is 4.98 Å². The maximum Gasteiger partial charge on any atom is 0.253 e. The van der Waals surface area contributed by atoms with Crippen molar-refractivity contribution in [1.29, 1.82) is 5.26 Å². The molecule has 1 N–H and O–H groups in total. The second-order valence-electron chi connectivity index (χ2n) is 5.51. The molecule has 3 heterocycles. The van der Waals surface area contributed by atoms with Crippen molar-refractivity contribution < 1.29 is 9.53 Å². The summed E-state index contributed by atoms with van der Waals surface area (Å²) in [6.45, 7) is 4.36. The molecule has 0 aromatic carbocycles. The fourth-order valence-corrected chi connectivity index (χ4v) is 2.74. The van der Waals surface area contributed by atoms with Crippen LogP contribution in [0.5, 0.6) is 0 Å². The Hall–Kier alpha value is -2.33. The third-order valence-electron chi connectivity index (χ3n) is 4.01. The van der Waals surface area contributed by atoms with Crippen molar-refractivity contribution in [2.75, 3.05) is 44.3 Å². The molecule has 2 fully saturated rings. The van der Waals surface area contributed by atoms with Crippen LogP contribution in [0.2, 0.25) is 0 Å². The number of aromatic nitrogens is 1. The summed E-state index contributed by atoms with van der Waals surface area (Å²) < 4.78 is 5.31. The van der Waals surface area contributed by atoms with Crippen LogP contribution in [0, 0.1) is 11.5 Å². The van der Waals surface area contributed by atoms with E-state index >= 15 is 0 Å². The van der Waals surface area contributed by atoms with E-state index < -0.39 is 0 Å². The number of nitriles is 1. The highest BCUT2D eigenvalue weighted by Crippen LogP contribution is 2.14. The molecule has 0 bridgehead atoms. The Bertz CT molecular complexity index is 562. The van der Waals surface area contributed by atoms with Gasteiger partial charge in [-0.1, -0.05) is 0 Å². The van der Waals surface area contributed by atoms with Gasteiger partial charge < -0.3 is 19.9 Å². The zero-order valence-corrected chi connectivity index (χ0v) is 12.4. The summed E-state index contributed by atoms with van der Waals surface area (Å²) in [6, 6.07) is 3.70. The lowest BCUT2D eigenvalue weighted by Crippen LogP contribution is -2.37. The van der Waals surface area contributed by atoms with E-state index in [1.807, 2.05) is 6.07 Å². The van der Waals surface area contributed by atoms with Crippen molar-refractivity contribution in [3.8, 4) is 6.19 Å². The predicted octanol–water partition coefficient (Wildman–Crippen LogP) is 0.203. The smallest absolute Gasteiger partial charge is 0.253 e. The molecule has 2 aliphatic heterocycles. The number of likely N-dealkylation sites (tertiary alicyclic amines) is 1. The molecular formula is C15H19N5O2. The minimum absolute atomic E-state index is 0.0334. The molecule has 2 aliphatic rings. The van der Waals surface area contributed by atoms with Crippen LogP contribution in [0.4, 0.5) is 5.82 Å². The van der Waals surface area contributed by atoms with Crippen LogP contribution in [-0.4, -0.2) is 61.2 Å². The van der Waals surface area contributed by atoms with Gasteiger partial charge in [-0.15, -0.1) is 0 Å². The van der Waals surface area contributed by atoms with E-state index in [9.17, 15) is 4.79 Å². The topological polar surface area (TPSA) is 81.5 Å². The number of hydrogen-bond donors (Lipinski definition) is 1. The first-order chi connectivity index (χ1) is 10.8. The van der Waals surface area contributed by atoms with Crippen molar-refractivity contribution >= 4 is 11.7 Å². The van der Waals surface area contributed by atoms with Crippen molar-refractivity contribution in [3.63, 3.8) is 0 Å². The van der Waals surface area contributed by atoms with E-state index in [0.717, 1.165) is 25.3 Å². The lowest BCUT2D eigenvalue weighted by Gasteiger charge is -2.27. The summed E-state index contributed by atoms with van der Waals surface area (Å²) in [7, 11) is 0. The number of amides is 1. The highest BCUT2D eigenvalue weighted by molar-refractivity contribution is 5.94. The molecule has 2 saturated heterocycles. The van der Waals surface area contributed by atoms with Crippen molar-refractivity contribution in [3.05, 3.63) is 23.9 Å². The van der Waals surface area contributed by atoms with Gasteiger partial charge in [0.1, 0.15) is 5.82 Å². The molecule has 3 rings (SSSR count). The molecule has 1 aromatic rings. The number of morpholine rings is 1. The number of anilines is 1. The first kappa shape index (κ1) is 14.6. The summed E-state index contributed by atoms with van der Waals surface area (Å²) in [5.74, 6) is 0.738. The molecule has 0 aliphatic carbocycles. The van der Waals surface area contributed by atoms with Gasteiger partial charge in [0.05, 0.1) is 18.8 Å². The maximum atomic E-state index is 12.2. The monoisotopic (exact) mass is 301 g/mol. The van der Waals surface area contributed by atoms with Gasteiger partial charge in [-0.05, 0) is 18.6 Å². The van der Waals surface area contributed by atoms with Crippen LogP contribution in [0.15, 0.2) is 18.3 Å². The van der Waals surface area contributed by atoms with Crippen molar-refractivity contribution in [1.82, 2.24) is 15.2 Å². The fraction of sp³-hybridized carbons (Fsp3) is 0.533. The lowest BCUT2D eigenvalue weighted by atomic mass is 10.2. The molecule has 0 spiro atoms. The predicted molar refractivity (Wildman–Crippen MR) is 80.3 cm³/mol. The molecular weight excluding hydrogens is 282 g/mol. The number of hydrogen-bond acceptors (Lipinski definition) is 6. The van der Waals surface area contributed by atoms with Crippen LogP contribution in [0.3, 0.4) is 0 Å². The van der Waals surface area contributed by atoms with E-state index in [-0.39, 0.29) is 11.9 Å². The zero-order valence-electron chi connectivity index (χ0n) is 12.4. The molecule has 1 atom stereocenters. The number of nitrogens with zero attached hydrogens (tertiary/aromatic N) is 4. The Morgan fingerprint density at radius 1 is 1.36 bits per heavy atom. The second-order valence-corrected chi connectivity index (χ2v) is 5.51. The quantitative estimate of drug-likeness (QED) is 0.803. The normalized spacial score (nSPS) is 21.5. The van der Waals surface area contributed by atoms with Gasteiger partial charge in [-0.3, -0.25) is 4.79 Å². The second kappa shape index (κ2) is 6.62. The van der Waals surface area contributed by atoms with E-state index in [1.54, 1.807) is 17.2 Å². The van der Waals surface area contributed by atoms with Crippen LogP contribution >= 0.6 is 0 Å². The average molecular weight is 301 g/mol. The lowest BCUT2D eigenvalue weighted by molar-refractivity contribution is 0.0938. The Morgan fingerprint density at radius 3 is 2.82 bits per heavy atom. The summed E-state index contributed by atoms with van der Waals surface area (Å²) in [5, 5.41) is 11.8. The molecule has 1 amide bonds. The number of nitrogens with one attached hydrogen (secondary N) is 1. The van der Waals surface area contributed by atoms with Crippen molar-refractivity contribution in [2.24, 2.45) is 0 Å². The molecule has 1 unspecified atom stereocenters. The van der Waals surface area contributed by atoms with Crippen LogP contribution < -0.4 is 10.2 Å². The van der Waals surface area contributed by atoms with E-state index in [2.05, 4.69) is 21.4 Å². The highest BCUT2D eigenvalue weighted by atomic mass is 16.5. The summed E-state index contributed by atoms with van der Waals surface area (Å²) in [6.07, 6.45) is 4.52. The molecule has 116 valence electrons. The van der Waals surface area contributed by atoms with Gasteiger partial charge in [0.2, 0.25) is 0 Å². The van der Waals surface area contributed by atoms with Gasteiger partial charge in [0.15, 0.2) is 6.19 Å². The Kier molecular flexibility index (Phi) is 4.39. The number of pyridine rings is 1. The summed E-state index contributed by atoms with van der Waals surface area (Å²) >= 11 is 0. The van der Waals surface area contributed by atoms with Crippen LogP contribution in [0.25, 0.3) is 0 Å². The van der Waals surface area contributed by atoms with Crippen molar-refractivity contribution in [2.45, 2.75) is 12.5 Å². The van der Waals surface area contributed by atoms with E-state index in [0.29, 0.717) is 31.9 Å². The molecule has 0 radical (unpaired) electrons. The third-order valence-corrected chi connectivity index (χ3v) is 4.01. The standard InChI is InChI=1S/C15H19N5O2/c16-11-19-4-3-13(10-19)18-15(21)12-1-2-14(17-9-12)20-5-7-22-8-6-20/h1-2,9,13H,3-8,10H2,(H,18,21). The number of carbonyl (C=O) groups excluding carboxylic acids is 1. The summed E-state index contributed by atoms with van der Waals surface area (Å²) in [4.78, 5) is 20.4. The first-order valence-corrected chi connectivity index (χ1v) is 7.50. The Balaban J connectivity index is 1.58. The van der Waals surface area contributed by atoms with Gasteiger partial charge in [0, 0.05) is 38.4 Å². The Morgan fingerprint density at radius 2 is 2.18 bits per heavy atom. The minimum atomic E-state index is -0.134. The maximum absolute atomic E-state index is 12.2. The highest BCUT2D eigenvalue weighted by Gasteiger charge is 2.23. The van der Waals surface area contributed by atoms with Crippen LogP contribution in [-0.2, 0) is 4.74 Å². The molecule has 7 nitrogen and oxygen atoms in total. The number of ether oxygens (including phenoxy) is 1. The van der Waals surface area contributed by atoms with E-state index in [4.69, 9.17) is 10.00 Å². The molecule has 7 heteroatoms. The van der Waals surface area contributed by atoms with Crippen LogP contribution in [0.1, 0.15) is 16.8 Å². The van der Waals surface area contributed by atoms with Gasteiger partial charge >= 0.3 is 0 Å². The summed E-state index contributed by atoms with van der Waals surface area (Å²) in [5.41, 5.74) is 0.549. The molecule has 22 heavy (non-hydrogen) atoms. The minimum Gasteiger partial charge on any atom is -0.378 e. The van der Waals surface area contributed by atoms with Gasteiger partial charge in [0.25, 0.3) is 5.91 Å². The SMILES string of the molecule is N#CN1CCC(NC(=O)c2ccc(N3CCOCC3)nc2)C1. The first-order valence-electron chi connectivity index (χ1n) is 7.50. The zero-order chi connectivity index (χ0) is 15.4.